The van der Waals surface area contributed by atoms with Gasteiger partial charge in [0, 0.05) is 37.3 Å². The first-order valence-corrected chi connectivity index (χ1v) is 7.72. The standard InChI is InChI=1S/C16H25N3S/c1-16(2,15(17)20)8-9-18-10-12-19(13-11-18)14-6-4-3-5-7-14/h3-7H,8-13H2,1-2H3,(H2,17,20). The lowest BCUT2D eigenvalue weighted by Gasteiger charge is -2.37. The predicted molar refractivity (Wildman–Crippen MR) is 90.3 cm³/mol. The highest BCUT2D eigenvalue weighted by Gasteiger charge is 2.24. The fourth-order valence-corrected chi connectivity index (χ4v) is 2.53. The number of piperazine rings is 1. The first-order valence-electron chi connectivity index (χ1n) is 7.31. The van der Waals surface area contributed by atoms with Crippen molar-refractivity contribution in [2.45, 2.75) is 20.3 Å². The minimum Gasteiger partial charge on any atom is -0.393 e. The Morgan fingerprint density at radius 2 is 1.75 bits per heavy atom. The molecule has 0 atom stereocenters. The summed E-state index contributed by atoms with van der Waals surface area (Å²) in [6.07, 6.45) is 1.04. The van der Waals surface area contributed by atoms with E-state index in [2.05, 4.69) is 54.0 Å². The lowest BCUT2D eigenvalue weighted by atomic mass is 9.89. The van der Waals surface area contributed by atoms with E-state index in [9.17, 15) is 0 Å². The molecule has 0 aromatic heterocycles. The average molecular weight is 291 g/mol. The summed E-state index contributed by atoms with van der Waals surface area (Å²) < 4.78 is 0. The van der Waals surface area contributed by atoms with Crippen molar-refractivity contribution in [1.82, 2.24) is 4.90 Å². The van der Waals surface area contributed by atoms with Gasteiger partial charge in [-0.25, -0.2) is 0 Å². The minimum absolute atomic E-state index is 0.0358. The van der Waals surface area contributed by atoms with Gasteiger partial charge in [-0.1, -0.05) is 44.3 Å². The van der Waals surface area contributed by atoms with Crippen molar-refractivity contribution in [2.24, 2.45) is 11.1 Å². The summed E-state index contributed by atoms with van der Waals surface area (Å²) in [5.41, 5.74) is 7.08. The van der Waals surface area contributed by atoms with Crippen LogP contribution in [0.3, 0.4) is 0 Å². The summed E-state index contributed by atoms with van der Waals surface area (Å²) in [4.78, 5) is 5.59. The molecule has 110 valence electrons. The van der Waals surface area contributed by atoms with Gasteiger partial charge in [0.25, 0.3) is 0 Å². The van der Waals surface area contributed by atoms with Gasteiger partial charge in [0.05, 0.1) is 4.99 Å². The van der Waals surface area contributed by atoms with Crippen molar-refractivity contribution in [1.29, 1.82) is 0 Å². The van der Waals surface area contributed by atoms with Gasteiger partial charge in [-0.3, -0.25) is 4.90 Å². The van der Waals surface area contributed by atoms with Gasteiger partial charge < -0.3 is 10.6 Å². The van der Waals surface area contributed by atoms with Crippen LogP contribution >= 0.6 is 12.2 Å². The van der Waals surface area contributed by atoms with Crippen LogP contribution in [0.5, 0.6) is 0 Å². The molecule has 1 aromatic carbocycles. The fraction of sp³-hybridized carbons (Fsp3) is 0.562. The van der Waals surface area contributed by atoms with Gasteiger partial charge in [0.1, 0.15) is 0 Å². The van der Waals surface area contributed by atoms with Crippen LogP contribution in [0.1, 0.15) is 20.3 Å². The van der Waals surface area contributed by atoms with Crippen LogP contribution < -0.4 is 10.6 Å². The highest BCUT2D eigenvalue weighted by atomic mass is 32.1. The maximum atomic E-state index is 5.79. The van der Waals surface area contributed by atoms with Crippen molar-refractivity contribution < 1.29 is 0 Å². The zero-order valence-corrected chi connectivity index (χ0v) is 13.3. The molecule has 0 aliphatic carbocycles. The van der Waals surface area contributed by atoms with Crippen molar-refractivity contribution in [3.05, 3.63) is 30.3 Å². The topological polar surface area (TPSA) is 32.5 Å². The highest BCUT2D eigenvalue weighted by molar-refractivity contribution is 7.80. The molecule has 2 rings (SSSR count). The van der Waals surface area contributed by atoms with E-state index in [1.165, 1.54) is 5.69 Å². The molecule has 0 amide bonds. The Bertz CT molecular complexity index is 436. The van der Waals surface area contributed by atoms with Gasteiger partial charge in [0.2, 0.25) is 0 Å². The summed E-state index contributed by atoms with van der Waals surface area (Å²) in [6, 6.07) is 10.6. The van der Waals surface area contributed by atoms with Gasteiger partial charge in [-0.2, -0.15) is 0 Å². The smallest absolute Gasteiger partial charge is 0.0784 e. The van der Waals surface area contributed by atoms with E-state index in [1.54, 1.807) is 0 Å². The van der Waals surface area contributed by atoms with E-state index in [-0.39, 0.29) is 5.41 Å². The van der Waals surface area contributed by atoms with Gasteiger partial charge in [0.15, 0.2) is 0 Å². The number of hydrogen-bond acceptors (Lipinski definition) is 3. The molecule has 0 saturated carbocycles. The Hall–Kier alpha value is -1.13. The molecule has 0 unspecified atom stereocenters. The average Bonchev–Trinajstić information content (AvgIpc) is 2.46. The molecule has 1 saturated heterocycles. The highest BCUT2D eigenvalue weighted by Crippen LogP contribution is 2.22. The third kappa shape index (κ3) is 3.93. The van der Waals surface area contributed by atoms with Crippen LogP contribution in [0.4, 0.5) is 5.69 Å². The third-order valence-corrected chi connectivity index (χ3v) is 4.77. The molecular formula is C16H25N3S. The number of nitrogens with two attached hydrogens (primary N) is 1. The molecule has 4 heteroatoms. The van der Waals surface area contributed by atoms with Crippen LogP contribution in [0.15, 0.2) is 30.3 Å². The largest absolute Gasteiger partial charge is 0.393 e. The fourth-order valence-electron chi connectivity index (χ4n) is 2.43. The van der Waals surface area contributed by atoms with Crippen molar-refractivity contribution in [3.8, 4) is 0 Å². The molecule has 0 spiro atoms. The molecule has 20 heavy (non-hydrogen) atoms. The van der Waals surface area contributed by atoms with Crippen LogP contribution in [0.25, 0.3) is 0 Å². The molecule has 1 aliphatic rings. The SMILES string of the molecule is CC(C)(CCN1CCN(c2ccccc2)CC1)C(N)=S. The summed E-state index contributed by atoms with van der Waals surface area (Å²) in [5, 5.41) is 0. The van der Waals surface area contributed by atoms with Crippen molar-refractivity contribution in [3.63, 3.8) is 0 Å². The maximum Gasteiger partial charge on any atom is 0.0784 e. The summed E-state index contributed by atoms with van der Waals surface area (Å²) in [5.74, 6) is 0. The second kappa shape index (κ2) is 6.55. The molecule has 1 aliphatic heterocycles. The van der Waals surface area contributed by atoms with E-state index < -0.39 is 0 Å². The lowest BCUT2D eigenvalue weighted by Crippen LogP contribution is -2.47. The van der Waals surface area contributed by atoms with Crippen LogP contribution in [-0.2, 0) is 0 Å². The number of rotatable bonds is 5. The van der Waals surface area contributed by atoms with Gasteiger partial charge in [-0.15, -0.1) is 0 Å². The molecule has 1 fully saturated rings. The van der Waals surface area contributed by atoms with Crippen molar-refractivity contribution >= 4 is 22.9 Å². The van der Waals surface area contributed by atoms with Gasteiger partial charge >= 0.3 is 0 Å². The molecule has 0 radical (unpaired) electrons. The van der Waals surface area contributed by atoms with Crippen LogP contribution in [0.2, 0.25) is 0 Å². The Kier molecular flexibility index (Phi) is 5.00. The number of thiocarbonyl (C=S) groups is 1. The number of nitrogens with zero attached hydrogens (tertiary/aromatic N) is 2. The molecule has 2 N–H and O–H groups in total. The summed E-state index contributed by atoms with van der Waals surface area (Å²) in [7, 11) is 0. The van der Waals surface area contributed by atoms with E-state index in [0.717, 1.165) is 39.1 Å². The molecule has 3 nitrogen and oxygen atoms in total. The monoisotopic (exact) mass is 291 g/mol. The Morgan fingerprint density at radius 3 is 2.30 bits per heavy atom. The maximum absolute atomic E-state index is 5.79. The number of anilines is 1. The first kappa shape index (κ1) is 15.3. The van der Waals surface area contributed by atoms with E-state index in [4.69, 9.17) is 18.0 Å². The number of para-hydroxylation sites is 1. The summed E-state index contributed by atoms with van der Waals surface area (Å²) in [6.45, 7) is 9.76. The van der Waals surface area contributed by atoms with Crippen LogP contribution in [-0.4, -0.2) is 42.6 Å². The van der Waals surface area contributed by atoms with Crippen molar-refractivity contribution in [2.75, 3.05) is 37.6 Å². The number of hydrogen-bond donors (Lipinski definition) is 1. The lowest BCUT2D eigenvalue weighted by molar-refractivity contribution is 0.233. The molecule has 1 aromatic rings. The Balaban J connectivity index is 1.79. The first-order chi connectivity index (χ1) is 9.49. The van der Waals surface area contributed by atoms with E-state index in [1.807, 2.05) is 0 Å². The van der Waals surface area contributed by atoms with E-state index in [0.29, 0.717) is 4.99 Å². The normalized spacial score (nSPS) is 17.2. The summed E-state index contributed by atoms with van der Waals surface area (Å²) >= 11 is 5.13. The Morgan fingerprint density at radius 1 is 1.15 bits per heavy atom. The zero-order chi connectivity index (χ0) is 14.6. The number of benzene rings is 1. The predicted octanol–water partition coefficient (Wildman–Crippen LogP) is 2.51. The van der Waals surface area contributed by atoms with Crippen LogP contribution in [0, 0.1) is 5.41 Å². The molecule has 1 heterocycles. The third-order valence-electron chi connectivity index (χ3n) is 4.21. The van der Waals surface area contributed by atoms with Gasteiger partial charge in [-0.05, 0) is 25.1 Å². The zero-order valence-electron chi connectivity index (χ0n) is 12.5. The second-order valence-electron chi connectivity index (χ2n) is 6.16. The molecular weight excluding hydrogens is 266 g/mol. The van der Waals surface area contributed by atoms with E-state index >= 15 is 0 Å². The second-order valence-corrected chi connectivity index (χ2v) is 6.60. The minimum atomic E-state index is -0.0358. The molecule has 0 bridgehead atoms. The Labute approximate surface area is 127 Å². The quantitative estimate of drug-likeness (QED) is 0.845.